The summed E-state index contributed by atoms with van der Waals surface area (Å²) in [5, 5.41) is 6.58. The third-order valence-electron chi connectivity index (χ3n) is 5.43. The minimum absolute atomic E-state index is 0.107. The van der Waals surface area contributed by atoms with Crippen LogP contribution in [0.5, 0.6) is 0 Å². The average Bonchev–Trinajstić information content (AvgIpc) is 3.13. The first kappa shape index (κ1) is 20.9. The number of halogens is 1. The van der Waals surface area contributed by atoms with Crippen molar-refractivity contribution in [3.05, 3.63) is 104 Å². The van der Waals surface area contributed by atoms with Gasteiger partial charge in [-0.3, -0.25) is 14.7 Å². The minimum Gasteiger partial charge on any atom is -0.349 e. The number of nitrogens with zero attached hydrogens (tertiary/aromatic N) is 2. The quantitative estimate of drug-likeness (QED) is 0.482. The Morgan fingerprint density at radius 1 is 1.13 bits per heavy atom. The normalized spacial score (nSPS) is 12.1. The van der Waals surface area contributed by atoms with Crippen LogP contribution in [-0.4, -0.2) is 20.5 Å². The number of fused-ring (bicyclic) bond motifs is 1. The molecule has 0 fully saturated rings. The molecule has 2 aromatic carbocycles. The van der Waals surface area contributed by atoms with E-state index in [9.17, 15) is 9.59 Å². The van der Waals surface area contributed by atoms with Crippen LogP contribution in [0.4, 0.5) is 0 Å². The second kappa shape index (κ2) is 8.78. The predicted molar refractivity (Wildman–Crippen MR) is 121 cm³/mol. The van der Waals surface area contributed by atoms with Crippen molar-refractivity contribution in [2.45, 2.75) is 32.7 Å². The summed E-state index contributed by atoms with van der Waals surface area (Å²) in [6, 6.07) is 18.8. The van der Waals surface area contributed by atoms with E-state index in [2.05, 4.69) is 15.4 Å². The Labute approximate surface area is 184 Å². The fourth-order valence-electron chi connectivity index (χ4n) is 3.81. The molecule has 0 bridgehead atoms. The third-order valence-corrected chi connectivity index (χ3v) is 5.68. The van der Waals surface area contributed by atoms with E-state index < -0.39 is 0 Å². The molecule has 31 heavy (non-hydrogen) atoms. The Balaban J connectivity index is 1.58. The van der Waals surface area contributed by atoms with Gasteiger partial charge in [-0.15, -0.1) is 0 Å². The first-order chi connectivity index (χ1) is 14.9. The Hall–Kier alpha value is -3.38. The number of amides is 1. The molecule has 2 aromatic heterocycles. The molecule has 4 rings (SSSR count). The standard InChI is InChI=1S/C24H23ClN4O2/c1-15-20(16(2)29-22(26-15)14-24(31)28-29)13-23(30)27-21(18-6-4-3-5-7-18)12-17-8-10-19(25)11-9-17/h3-11,14,21H,12-13H2,1-2H3,(H,27,30)(H,28,31). The Bertz CT molecular complexity index is 1280. The number of hydrogen-bond acceptors (Lipinski definition) is 3. The zero-order valence-electron chi connectivity index (χ0n) is 17.4. The number of carbonyl (C=O) groups is 1. The Morgan fingerprint density at radius 2 is 1.84 bits per heavy atom. The van der Waals surface area contributed by atoms with Gasteiger partial charge in [-0.05, 0) is 43.5 Å². The van der Waals surface area contributed by atoms with E-state index in [1.54, 1.807) is 4.52 Å². The van der Waals surface area contributed by atoms with Crippen LogP contribution in [0.15, 0.2) is 65.5 Å². The van der Waals surface area contributed by atoms with Crippen molar-refractivity contribution in [3.8, 4) is 0 Å². The van der Waals surface area contributed by atoms with Crippen molar-refractivity contribution in [2.75, 3.05) is 0 Å². The molecule has 2 heterocycles. The molecule has 7 heteroatoms. The first-order valence-corrected chi connectivity index (χ1v) is 10.4. The van der Waals surface area contributed by atoms with Gasteiger partial charge in [-0.25, -0.2) is 9.50 Å². The fourth-order valence-corrected chi connectivity index (χ4v) is 3.94. The lowest BCUT2D eigenvalue weighted by Crippen LogP contribution is -2.31. The molecule has 0 saturated heterocycles. The summed E-state index contributed by atoms with van der Waals surface area (Å²) in [5.41, 5.74) is 4.78. The number of benzene rings is 2. The highest BCUT2D eigenvalue weighted by Gasteiger charge is 2.19. The molecule has 158 valence electrons. The Kier molecular flexibility index (Phi) is 5.91. The van der Waals surface area contributed by atoms with Gasteiger partial charge in [-0.1, -0.05) is 54.1 Å². The van der Waals surface area contributed by atoms with Crippen molar-refractivity contribution in [1.29, 1.82) is 0 Å². The van der Waals surface area contributed by atoms with Crippen molar-refractivity contribution >= 4 is 23.2 Å². The molecule has 0 saturated carbocycles. The number of rotatable bonds is 6. The summed E-state index contributed by atoms with van der Waals surface area (Å²) >= 11 is 6.01. The van der Waals surface area contributed by atoms with Crippen LogP contribution in [0.1, 0.15) is 34.1 Å². The zero-order valence-corrected chi connectivity index (χ0v) is 18.1. The first-order valence-electron chi connectivity index (χ1n) is 10.1. The van der Waals surface area contributed by atoms with Crippen molar-refractivity contribution < 1.29 is 4.79 Å². The second-order valence-corrected chi connectivity index (χ2v) is 8.05. The molecule has 0 spiro atoms. The molecule has 0 radical (unpaired) electrons. The molecule has 1 unspecified atom stereocenters. The van der Waals surface area contributed by atoms with Crippen LogP contribution < -0.4 is 10.9 Å². The summed E-state index contributed by atoms with van der Waals surface area (Å²) < 4.78 is 1.63. The maximum absolute atomic E-state index is 13.0. The van der Waals surface area contributed by atoms with E-state index in [1.807, 2.05) is 68.4 Å². The van der Waals surface area contributed by atoms with Gasteiger partial charge in [0.1, 0.15) is 0 Å². The minimum atomic E-state index is -0.219. The lowest BCUT2D eigenvalue weighted by Gasteiger charge is -2.20. The molecule has 0 aliphatic carbocycles. The van der Waals surface area contributed by atoms with Gasteiger partial charge in [0.25, 0.3) is 5.56 Å². The summed E-state index contributed by atoms with van der Waals surface area (Å²) in [6.45, 7) is 3.73. The largest absolute Gasteiger partial charge is 0.349 e. The van der Waals surface area contributed by atoms with Gasteiger partial charge < -0.3 is 5.32 Å². The summed E-state index contributed by atoms with van der Waals surface area (Å²) in [4.78, 5) is 29.2. The van der Waals surface area contributed by atoms with Gasteiger partial charge in [0.15, 0.2) is 5.65 Å². The molecule has 1 amide bonds. The van der Waals surface area contributed by atoms with Gasteiger partial charge in [0.2, 0.25) is 5.91 Å². The predicted octanol–water partition coefficient (Wildman–Crippen LogP) is 3.94. The highest BCUT2D eigenvalue weighted by molar-refractivity contribution is 6.30. The number of carbonyl (C=O) groups excluding carboxylic acids is 1. The van der Waals surface area contributed by atoms with Crippen LogP contribution >= 0.6 is 11.6 Å². The third kappa shape index (κ3) is 4.70. The van der Waals surface area contributed by atoms with Crippen LogP contribution in [0.2, 0.25) is 5.02 Å². The van der Waals surface area contributed by atoms with E-state index in [1.165, 1.54) is 6.07 Å². The maximum Gasteiger partial charge on any atom is 0.266 e. The smallest absolute Gasteiger partial charge is 0.266 e. The highest BCUT2D eigenvalue weighted by Crippen LogP contribution is 2.21. The molecular weight excluding hydrogens is 412 g/mol. The molecule has 6 nitrogen and oxygen atoms in total. The molecule has 4 aromatic rings. The second-order valence-electron chi connectivity index (χ2n) is 7.61. The Morgan fingerprint density at radius 3 is 2.55 bits per heavy atom. The van der Waals surface area contributed by atoms with Crippen molar-refractivity contribution in [3.63, 3.8) is 0 Å². The summed E-state index contributed by atoms with van der Waals surface area (Å²) in [6.07, 6.45) is 0.817. The van der Waals surface area contributed by atoms with Gasteiger partial charge in [0.05, 0.1) is 12.5 Å². The van der Waals surface area contributed by atoms with Crippen LogP contribution in [0.25, 0.3) is 5.65 Å². The number of H-pyrrole nitrogens is 1. The zero-order chi connectivity index (χ0) is 22.0. The van der Waals surface area contributed by atoms with E-state index in [0.29, 0.717) is 17.1 Å². The number of aromatic nitrogens is 3. The van der Waals surface area contributed by atoms with E-state index in [-0.39, 0.29) is 23.9 Å². The number of hydrogen-bond donors (Lipinski definition) is 2. The molecular formula is C24H23ClN4O2. The number of aromatic amines is 1. The SMILES string of the molecule is Cc1nc2cc(=O)[nH]n2c(C)c1CC(=O)NC(Cc1ccc(Cl)cc1)c1ccccc1. The fraction of sp³-hybridized carbons (Fsp3) is 0.208. The van der Waals surface area contributed by atoms with Crippen molar-refractivity contribution in [2.24, 2.45) is 0 Å². The lowest BCUT2D eigenvalue weighted by atomic mass is 9.98. The van der Waals surface area contributed by atoms with Gasteiger partial charge >= 0.3 is 0 Å². The topological polar surface area (TPSA) is 79.3 Å². The molecule has 2 N–H and O–H groups in total. The lowest BCUT2D eigenvalue weighted by molar-refractivity contribution is -0.121. The van der Waals surface area contributed by atoms with Crippen LogP contribution in [0, 0.1) is 13.8 Å². The molecule has 0 aliphatic heterocycles. The summed E-state index contributed by atoms with van der Waals surface area (Å²) in [7, 11) is 0. The van der Waals surface area contributed by atoms with Gasteiger partial charge in [-0.2, -0.15) is 0 Å². The van der Waals surface area contributed by atoms with E-state index >= 15 is 0 Å². The molecule has 0 aliphatic rings. The van der Waals surface area contributed by atoms with Crippen LogP contribution in [0.3, 0.4) is 0 Å². The highest BCUT2D eigenvalue weighted by atomic mass is 35.5. The molecule has 1 atom stereocenters. The van der Waals surface area contributed by atoms with Gasteiger partial charge in [0, 0.05) is 28.0 Å². The number of aryl methyl sites for hydroxylation is 2. The van der Waals surface area contributed by atoms with Crippen molar-refractivity contribution in [1.82, 2.24) is 19.9 Å². The van der Waals surface area contributed by atoms with E-state index in [4.69, 9.17) is 11.6 Å². The van der Waals surface area contributed by atoms with Crippen LogP contribution in [-0.2, 0) is 17.6 Å². The maximum atomic E-state index is 13.0. The average molecular weight is 435 g/mol. The summed E-state index contributed by atoms with van der Waals surface area (Å²) in [5.74, 6) is -0.107. The monoisotopic (exact) mass is 434 g/mol. The number of nitrogens with one attached hydrogen (secondary N) is 2. The van der Waals surface area contributed by atoms with E-state index in [0.717, 1.165) is 28.1 Å².